The molecule has 0 unspecified atom stereocenters. The summed E-state index contributed by atoms with van der Waals surface area (Å²) in [5.74, 6) is 0. The Balaban J connectivity index is 0. The third-order valence-corrected chi connectivity index (χ3v) is 0. The predicted octanol–water partition coefficient (Wildman–Crippen LogP) is -0.813. The number of hydrogen-bond acceptors (Lipinski definition) is 0. The van der Waals surface area contributed by atoms with Gasteiger partial charge in [-0.1, -0.05) is 0 Å². The largest absolute Gasteiger partial charge is 3.00 e. The molecule has 0 aromatic carbocycles. The molecule has 0 aliphatic carbocycles. The summed E-state index contributed by atoms with van der Waals surface area (Å²) in [4.78, 5) is 0. The Hall–Kier alpha value is 1.48. The molecule has 0 rings (SSSR count). The Morgan fingerprint density at radius 3 is 0.429 bits per heavy atom. The molecule has 0 aliphatic rings. The molecule has 0 saturated carbocycles. The summed E-state index contributed by atoms with van der Waals surface area (Å²) in [6, 6.07) is 0. The molecule has 7 heteroatoms. The maximum absolute atomic E-state index is 0. The third-order valence-electron chi connectivity index (χ3n) is 0. The normalized spacial score (nSPS) is 0. The SMILES string of the molecule is F.F.[In+3].[In+3].[O-2].[O-2].[O-2]. The van der Waals surface area contributed by atoms with Gasteiger partial charge in [0.2, 0.25) is 0 Å². The van der Waals surface area contributed by atoms with Crippen LogP contribution < -0.4 is 0 Å². The molecule has 0 aromatic rings. The summed E-state index contributed by atoms with van der Waals surface area (Å²) in [7, 11) is 0. The van der Waals surface area contributed by atoms with E-state index in [-0.39, 0.29) is 77.5 Å². The Kier molecular flexibility index (Phi) is 4440. The quantitative estimate of drug-likeness (QED) is 0.559. The summed E-state index contributed by atoms with van der Waals surface area (Å²) >= 11 is 0. The van der Waals surface area contributed by atoms with Crippen molar-refractivity contribution in [2.24, 2.45) is 0 Å². The third kappa shape index (κ3) is 103. The van der Waals surface area contributed by atoms with Gasteiger partial charge in [0.1, 0.15) is 0 Å². The molecule has 0 spiro atoms. The molecule has 0 N–H and O–H groups in total. The van der Waals surface area contributed by atoms with Crippen LogP contribution in [0.4, 0.5) is 9.41 Å². The molecule has 7 heavy (non-hydrogen) atoms. The van der Waals surface area contributed by atoms with Crippen molar-refractivity contribution in [3.05, 3.63) is 0 Å². The minimum absolute atomic E-state index is 0. The van der Waals surface area contributed by atoms with Gasteiger partial charge in [0.15, 0.2) is 0 Å². The fourth-order valence-electron chi connectivity index (χ4n) is 0. The molecule has 0 atom stereocenters. The Labute approximate surface area is 77.1 Å². The van der Waals surface area contributed by atoms with E-state index in [1.807, 2.05) is 0 Å². The second kappa shape index (κ2) is 143. The van der Waals surface area contributed by atoms with Crippen LogP contribution in [0.1, 0.15) is 0 Å². The van der Waals surface area contributed by atoms with Crippen LogP contribution in [0.25, 0.3) is 0 Å². The first-order chi connectivity index (χ1) is 0. The number of hydrogen-bond donors (Lipinski definition) is 0. The standard InChI is InChI=1S/2FH.2In.3O/h2*1H;;;;;/q;;2*+3;3*-2. The number of rotatable bonds is 0. The van der Waals surface area contributed by atoms with Crippen LogP contribution in [-0.2, 0) is 16.4 Å². The van der Waals surface area contributed by atoms with Gasteiger partial charge in [-0.3, -0.25) is 9.41 Å². The minimum atomic E-state index is 0. The van der Waals surface area contributed by atoms with Crippen molar-refractivity contribution in [3.63, 3.8) is 0 Å². The average Bonchev–Trinajstić information content (AvgIpc) is 0. The smallest absolute Gasteiger partial charge is 2.00 e. The summed E-state index contributed by atoms with van der Waals surface area (Å²) < 4.78 is 0. The zero-order valence-electron chi connectivity index (χ0n) is 3.20. The van der Waals surface area contributed by atoms with Gasteiger partial charge in [-0.05, 0) is 0 Å². The van der Waals surface area contributed by atoms with E-state index in [1.165, 1.54) is 0 Å². The zero-order valence-corrected chi connectivity index (χ0v) is 9.79. The minimum Gasteiger partial charge on any atom is -2.00 e. The van der Waals surface area contributed by atoms with E-state index in [1.54, 1.807) is 0 Å². The van der Waals surface area contributed by atoms with Crippen molar-refractivity contribution >= 4 is 51.7 Å². The van der Waals surface area contributed by atoms with Gasteiger partial charge in [-0.15, -0.1) is 0 Å². The second-order valence-corrected chi connectivity index (χ2v) is 0. The van der Waals surface area contributed by atoms with Crippen LogP contribution in [0, 0.1) is 0 Å². The van der Waals surface area contributed by atoms with Crippen LogP contribution in [0.2, 0.25) is 0 Å². The Morgan fingerprint density at radius 1 is 0.429 bits per heavy atom. The Bertz CT molecular complexity index is 10.9. The van der Waals surface area contributed by atoms with E-state index in [4.69, 9.17) is 0 Å². The molecule has 40 valence electrons. The molecule has 0 fully saturated rings. The van der Waals surface area contributed by atoms with E-state index in [0.717, 1.165) is 0 Å². The summed E-state index contributed by atoms with van der Waals surface area (Å²) in [6.45, 7) is 0. The molecule has 0 radical (unpaired) electrons. The van der Waals surface area contributed by atoms with Crippen molar-refractivity contribution in [2.75, 3.05) is 0 Å². The molecule has 3 nitrogen and oxygen atoms in total. The molecule has 0 aromatic heterocycles. The van der Waals surface area contributed by atoms with Gasteiger partial charge < -0.3 is 16.4 Å². The first-order valence-corrected chi connectivity index (χ1v) is 0. The molecular formula is H2F2In2O3. The van der Waals surface area contributed by atoms with Gasteiger partial charge >= 0.3 is 51.7 Å². The molecule has 0 saturated heterocycles. The van der Waals surface area contributed by atoms with E-state index in [2.05, 4.69) is 0 Å². The van der Waals surface area contributed by atoms with Gasteiger partial charge in [-0.25, -0.2) is 0 Å². The van der Waals surface area contributed by atoms with Crippen LogP contribution in [0.5, 0.6) is 0 Å². The van der Waals surface area contributed by atoms with Crippen LogP contribution in [0.3, 0.4) is 0 Å². The summed E-state index contributed by atoms with van der Waals surface area (Å²) in [6.07, 6.45) is 0. The van der Waals surface area contributed by atoms with Gasteiger partial charge in [0.25, 0.3) is 0 Å². The van der Waals surface area contributed by atoms with E-state index < -0.39 is 0 Å². The van der Waals surface area contributed by atoms with Crippen molar-refractivity contribution in [1.82, 2.24) is 0 Å². The van der Waals surface area contributed by atoms with E-state index in [9.17, 15) is 0 Å². The topological polar surface area (TPSA) is 85.5 Å². The first kappa shape index (κ1) is 217. The number of halogens is 2. The Morgan fingerprint density at radius 2 is 0.429 bits per heavy atom. The van der Waals surface area contributed by atoms with Crippen molar-refractivity contribution in [3.8, 4) is 0 Å². The maximum atomic E-state index is 0. The molecule has 0 bridgehead atoms. The molecule has 0 amide bonds. The average molecular weight is 318 g/mol. The van der Waals surface area contributed by atoms with E-state index in [0.29, 0.717) is 0 Å². The zero-order chi connectivity index (χ0) is 0. The van der Waals surface area contributed by atoms with Crippen LogP contribution in [0.15, 0.2) is 0 Å². The molecular weight excluding hydrogens is 316 g/mol. The maximum Gasteiger partial charge on any atom is 3.00 e. The second-order valence-electron chi connectivity index (χ2n) is 0. The van der Waals surface area contributed by atoms with Crippen LogP contribution >= 0.6 is 0 Å². The molecule has 0 heterocycles. The first-order valence-electron chi connectivity index (χ1n) is 0. The summed E-state index contributed by atoms with van der Waals surface area (Å²) in [5, 5.41) is 0. The monoisotopic (exact) mass is 318 g/mol. The fraction of sp³-hybridized carbons (Fsp3) is 0. The summed E-state index contributed by atoms with van der Waals surface area (Å²) in [5.41, 5.74) is 0. The van der Waals surface area contributed by atoms with Crippen molar-refractivity contribution in [1.29, 1.82) is 0 Å². The predicted molar refractivity (Wildman–Crippen MR) is 18.6 cm³/mol. The van der Waals surface area contributed by atoms with E-state index >= 15 is 0 Å². The molecule has 0 aliphatic heterocycles. The van der Waals surface area contributed by atoms with Crippen molar-refractivity contribution in [2.45, 2.75) is 0 Å². The van der Waals surface area contributed by atoms with Gasteiger partial charge in [0, 0.05) is 0 Å². The van der Waals surface area contributed by atoms with Crippen molar-refractivity contribution < 1.29 is 25.8 Å². The fourth-order valence-corrected chi connectivity index (χ4v) is 0. The van der Waals surface area contributed by atoms with Gasteiger partial charge in [0.05, 0.1) is 0 Å². The van der Waals surface area contributed by atoms with Crippen LogP contribution in [-0.4, -0.2) is 51.7 Å². The van der Waals surface area contributed by atoms with Gasteiger partial charge in [-0.2, -0.15) is 0 Å².